The predicted molar refractivity (Wildman–Crippen MR) is 81.7 cm³/mol. The molecule has 0 saturated carbocycles. The third-order valence-corrected chi connectivity index (χ3v) is 7.14. The molecule has 21 heavy (non-hydrogen) atoms. The molecule has 114 valence electrons. The van der Waals surface area contributed by atoms with Crippen LogP contribution in [0.3, 0.4) is 0 Å². The first-order chi connectivity index (χ1) is 10.1. The van der Waals surface area contributed by atoms with E-state index in [0.29, 0.717) is 29.8 Å². The molecule has 3 aliphatic rings. The molecule has 0 spiro atoms. The van der Waals surface area contributed by atoms with Crippen molar-refractivity contribution in [2.75, 3.05) is 26.2 Å². The van der Waals surface area contributed by atoms with Gasteiger partial charge in [0.05, 0.1) is 4.90 Å². The molecule has 1 aromatic rings. The van der Waals surface area contributed by atoms with E-state index in [1.54, 1.807) is 4.31 Å². The monoisotopic (exact) mass is 306 g/mol. The maximum absolute atomic E-state index is 12.9. The van der Waals surface area contributed by atoms with Crippen LogP contribution in [0.5, 0.6) is 0 Å². The average Bonchev–Trinajstić information content (AvgIpc) is 3.08. The van der Waals surface area contributed by atoms with Crippen LogP contribution in [0.2, 0.25) is 0 Å². The summed E-state index contributed by atoms with van der Waals surface area (Å²) in [5.41, 5.74) is 2.58. The largest absolute Gasteiger partial charge is 0.316 e. The van der Waals surface area contributed by atoms with Gasteiger partial charge in [-0.2, -0.15) is 4.31 Å². The molecule has 0 unspecified atom stereocenters. The van der Waals surface area contributed by atoms with Crippen LogP contribution in [0.15, 0.2) is 23.1 Å². The number of hydrogen-bond acceptors (Lipinski definition) is 3. The number of fused-ring (bicyclic) bond motifs is 2. The smallest absolute Gasteiger partial charge is 0.243 e. The Labute approximate surface area is 126 Å². The van der Waals surface area contributed by atoms with Crippen LogP contribution < -0.4 is 5.32 Å². The van der Waals surface area contributed by atoms with Gasteiger partial charge in [0.25, 0.3) is 0 Å². The normalized spacial score (nSPS) is 29.3. The molecule has 2 aliphatic heterocycles. The number of aryl methyl sites for hydroxylation is 2. The summed E-state index contributed by atoms with van der Waals surface area (Å²) in [7, 11) is -3.31. The van der Waals surface area contributed by atoms with Crippen molar-refractivity contribution < 1.29 is 8.42 Å². The second-order valence-corrected chi connectivity index (χ2v) is 8.58. The first kappa shape index (κ1) is 13.7. The summed E-state index contributed by atoms with van der Waals surface area (Å²) < 4.78 is 27.4. The highest BCUT2D eigenvalue weighted by molar-refractivity contribution is 7.89. The Balaban J connectivity index is 1.63. The standard InChI is InChI=1S/C16H22N2O2S/c19-21(20,18-10-14-8-17-9-15(14)11-18)16-6-5-12-3-1-2-4-13(12)7-16/h5-7,14-15,17H,1-4,8-11H2/t14-,15+. The summed E-state index contributed by atoms with van der Waals surface area (Å²) in [6.45, 7) is 3.27. The summed E-state index contributed by atoms with van der Waals surface area (Å²) in [5, 5.41) is 3.36. The Morgan fingerprint density at radius 2 is 1.67 bits per heavy atom. The van der Waals surface area contributed by atoms with Crippen LogP contribution in [0.4, 0.5) is 0 Å². The van der Waals surface area contributed by atoms with Crippen molar-refractivity contribution >= 4 is 10.0 Å². The summed E-state index contributed by atoms with van der Waals surface area (Å²) in [6, 6.07) is 5.77. The second kappa shape index (κ2) is 5.07. The van der Waals surface area contributed by atoms with Gasteiger partial charge < -0.3 is 5.32 Å². The zero-order chi connectivity index (χ0) is 14.4. The Kier molecular flexibility index (Phi) is 3.32. The number of benzene rings is 1. The minimum atomic E-state index is -3.31. The molecule has 0 bridgehead atoms. The maximum atomic E-state index is 12.9. The zero-order valence-corrected chi connectivity index (χ0v) is 13.0. The van der Waals surface area contributed by atoms with Crippen molar-refractivity contribution in [3.05, 3.63) is 29.3 Å². The van der Waals surface area contributed by atoms with Gasteiger partial charge in [-0.1, -0.05) is 6.07 Å². The van der Waals surface area contributed by atoms with Crippen molar-refractivity contribution in [3.63, 3.8) is 0 Å². The summed E-state index contributed by atoms with van der Waals surface area (Å²) >= 11 is 0. The average molecular weight is 306 g/mol. The van der Waals surface area contributed by atoms with Crippen LogP contribution in [-0.4, -0.2) is 38.9 Å². The highest BCUT2D eigenvalue weighted by atomic mass is 32.2. The first-order valence-corrected chi connectivity index (χ1v) is 9.41. The lowest BCUT2D eigenvalue weighted by Crippen LogP contribution is -2.32. The molecule has 5 heteroatoms. The first-order valence-electron chi connectivity index (χ1n) is 7.97. The molecular formula is C16H22N2O2S. The van der Waals surface area contributed by atoms with Crippen molar-refractivity contribution in [2.45, 2.75) is 30.6 Å². The Hall–Kier alpha value is -0.910. The van der Waals surface area contributed by atoms with Gasteiger partial charge in [0, 0.05) is 13.1 Å². The molecule has 1 N–H and O–H groups in total. The van der Waals surface area contributed by atoms with E-state index < -0.39 is 10.0 Å². The van der Waals surface area contributed by atoms with Crippen molar-refractivity contribution in [3.8, 4) is 0 Å². The van der Waals surface area contributed by atoms with Crippen LogP contribution in [-0.2, 0) is 22.9 Å². The van der Waals surface area contributed by atoms with E-state index >= 15 is 0 Å². The summed E-state index contributed by atoms with van der Waals surface area (Å²) in [5.74, 6) is 0.995. The van der Waals surface area contributed by atoms with Crippen LogP contribution >= 0.6 is 0 Å². The summed E-state index contributed by atoms with van der Waals surface area (Å²) in [4.78, 5) is 0.496. The van der Waals surface area contributed by atoms with E-state index in [4.69, 9.17) is 0 Å². The maximum Gasteiger partial charge on any atom is 0.243 e. The molecule has 1 aliphatic carbocycles. The molecule has 4 rings (SSSR count). The van der Waals surface area contributed by atoms with Gasteiger partial charge in [-0.3, -0.25) is 0 Å². The lowest BCUT2D eigenvalue weighted by molar-refractivity contribution is 0.448. The zero-order valence-electron chi connectivity index (χ0n) is 12.2. The van der Waals surface area contributed by atoms with E-state index in [2.05, 4.69) is 5.32 Å². The van der Waals surface area contributed by atoms with Crippen LogP contribution in [0.25, 0.3) is 0 Å². The van der Waals surface area contributed by atoms with E-state index in [9.17, 15) is 8.42 Å². The molecule has 2 heterocycles. The fourth-order valence-corrected chi connectivity index (χ4v) is 5.63. The third kappa shape index (κ3) is 2.31. The number of hydrogen-bond donors (Lipinski definition) is 1. The van der Waals surface area contributed by atoms with Gasteiger partial charge in [-0.15, -0.1) is 0 Å². The second-order valence-electron chi connectivity index (χ2n) is 6.64. The van der Waals surface area contributed by atoms with Gasteiger partial charge in [0.2, 0.25) is 10.0 Å². The molecule has 2 saturated heterocycles. The Morgan fingerprint density at radius 1 is 1.00 bits per heavy atom. The SMILES string of the molecule is O=S(=O)(c1ccc2c(c1)CCCC2)N1C[C@H]2CNC[C@H]2C1. The molecular weight excluding hydrogens is 284 g/mol. The molecule has 4 nitrogen and oxygen atoms in total. The van der Waals surface area contributed by atoms with Crippen molar-refractivity contribution in [1.82, 2.24) is 9.62 Å². The fraction of sp³-hybridized carbons (Fsp3) is 0.625. The van der Waals surface area contributed by atoms with E-state index in [0.717, 1.165) is 25.9 Å². The quantitative estimate of drug-likeness (QED) is 0.899. The lowest BCUT2D eigenvalue weighted by Gasteiger charge is -2.20. The highest BCUT2D eigenvalue weighted by Crippen LogP contribution is 2.32. The van der Waals surface area contributed by atoms with E-state index in [1.165, 1.54) is 24.0 Å². The van der Waals surface area contributed by atoms with Crippen molar-refractivity contribution in [1.29, 1.82) is 0 Å². The van der Waals surface area contributed by atoms with Crippen molar-refractivity contribution in [2.24, 2.45) is 11.8 Å². The van der Waals surface area contributed by atoms with E-state index in [-0.39, 0.29) is 0 Å². The van der Waals surface area contributed by atoms with Gasteiger partial charge in [0.1, 0.15) is 0 Å². The number of nitrogens with zero attached hydrogens (tertiary/aromatic N) is 1. The minimum Gasteiger partial charge on any atom is -0.316 e. The molecule has 0 aromatic heterocycles. The fourth-order valence-electron chi connectivity index (χ4n) is 4.03. The predicted octanol–water partition coefficient (Wildman–Crippen LogP) is 1.41. The summed E-state index contributed by atoms with van der Waals surface area (Å²) in [6.07, 6.45) is 4.51. The van der Waals surface area contributed by atoms with E-state index in [1.807, 2.05) is 18.2 Å². The van der Waals surface area contributed by atoms with Gasteiger partial charge in [-0.05, 0) is 73.9 Å². The van der Waals surface area contributed by atoms with Crippen LogP contribution in [0, 0.1) is 11.8 Å². The molecule has 0 radical (unpaired) electrons. The Bertz CT molecular complexity index is 644. The third-order valence-electron chi connectivity index (χ3n) is 5.31. The highest BCUT2D eigenvalue weighted by Gasteiger charge is 2.41. The Morgan fingerprint density at radius 3 is 2.38 bits per heavy atom. The lowest BCUT2D eigenvalue weighted by atomic mass is 9.92. The number of rotatable bonds is 2. The molecule has 1 aromatic carbocycles. The molecule has 2 fully saturated rings. The van der Waals surface area contributed by atoms with Gasteiger partial charge in [-0.25, -0.2) is 8.42 Å². The van der Waals surface area contributed by atoms with Gasteiger partial charge in [0.15, 0.2) is 0 Å². The molecule has 2 atom stereocenters. The number of sulfonamides is 1. The topological polar surface area (TPSA) is 49.4 Å². The van der Waals surface area contributed by atoms with Gasteiger partial charge >= 0.3 is 0 Å². The molecule has 0 amide bonds. The minimum absolute atomic E-state index is 0.496. The number of nitrogens with one attached hydrogen (secondary N) is 1. The van der Waals surface area contributed by atoms with Crippen LogP contribution in [0.1, 0.15) is 24.0 Å².